The van der Waals surface area contributed by atoms with E-state index in [4.69, 9.17) is 14.0 Å². The lowest BCUT2D eigenvalue weighted by atomic mass is 9.42. The van der Waals surface area contributed by atoms with Crippen LogP contribution in [0.4, 0.5) is 0 Å². The molecule has 47 heavy (non-hydrogen) atoms. The zero-order valence-electron chi connectivity index (χ0n) is 28.3. The number of ether oxygens (including phenoxy) is 2. The highest BCUT2D eigenvalue weighted by atomic mass is 32.3. The molecular weight excluding hydrogens is 636 g/mol. The molecule has 274 valence electrons. The van der Waals surface area contributed by atoms with Crippen molar-refractivity contribution in [2.45, 2.75) is 153 Å². The fraction of sp³-hybridized carbons (Fsp3) is 1.00. The van der Waals surface area contributed by atoms with Crippen LogP contribution in [0.15, 0.2) is 0 Å². The molecule has 5 aliphatic rings. The molecule has 8 unspecified atom stereocenters. The lowest BCUT2D eigenvalue weighted by molar-refractivity contribution is -0.314. The smallest absolute Gasteiger partial charge is 0.393 e. The van der Waals surface area contributed by atoms with E-state index in [-0.39, 0.29) is 46.8 Å². The van der Waals surface area contributed by atoms with Gasteiger partial charge in [-0.3, -0.25) is 4.55 Å². The van der Waals surface area contributed by atoms with Crippen molar-refractivity contribution in [3.05, 3.63) is 0 Å². The van der Waals surface area contributed by atoms with Gasteiger partial charge in [0.15, 0.2) is 6.29 Å². The summed E-state index contributed by atoms with van der Waals surface area (Å²) >= 11 is 0. The maximum absolute atomic E-state index is 12.5. The fourth-order valence-electron chi connectivity index (χ4n) is 11.1. The summed E-state index contributed by atoms with van der Waals surface area (Å²) in [5.41, 5.74) is -1.89. The van der Waals surface area contributed by atoms with Crippen molar-refractivity contribution in [1.29, 1.82) is 0 Å². The number of aliphatic hydroxyl groups excluding tert-OH is 6. The molecule has 4 aliphatic carbocycles. The van der Waals surface area contributed by atoms with Gasteiger partial charge in [0.25, 0.3) is 0 Å². The van der Waals surface area contributed by atoms with Gasteiger partial charge in [0, 0.05) is 12.3 Å². The zero-order chi connectivity index (χ0) is 34.9. The van der Waals surface area contributed by atoms with Crippen LogP contribution in [0.1, 0.15) is 92.4 Å². The molecular formula is C33H58O13S. The van der Waals surface area contributed by atoms with Gasteiger partial charge in [0.05, 0.1) is 36.6 Å². The van der Waals surface area contributed by atoms with Crippen LogP contribution in [-0.4, -0.2) is 116 Å². The molecule has 0 amide bonds. The Morgan fingerprint density at radius 3 is 2.17 bits per heavy atom. The van der Waals surface area contributed by atoms with Crippen LogP contribution in [0.2, 0.25) is 0 Å². The van der Waals surface area contributed by atoms with Crippen LogP contribution >= 0.6 is 0 Å². The quantitative estimate of drug-likeness (QED) is 0.151. The SMILES string of the molecule is CC(C)[C@H](CC[C@@H](C)[C@H]1C[C@@H](O)C2[C@]3(O)C[C@H](O)C4C[C@@H](O)CC[C@]4(C)C3CC[C@@]21C)OC1OC(COS(=O)(=O)O)C(O)C(O)C1O. The van der Waals surface area contributed by atoms with Gasteiger partial charge in [0.2, 0.25) is 0 Å². The third-order valence-electron chi connectivity index (χ3n) is 13.4. The largest absolute Gasteiger partial charge is 0.397 e. The molecule has 14 heteroatoms. The second-order valence-corrected chi connectivity index (χ2v) is 17.6. The lowest BCUT2D eigenvalue weighted by Gasteiger charge is -2.66. The number of hydrogen-bond donors (Lipinski definition) is 8. The van der Waals surface area contributed by atoms with E-state index in [1.54, 1.807) is 0 Å². The fourth-order valence-corrected chi connectivity index (χ4v) is 11.4. The highest BCUT2D eigenvalue weighted by Gasteiger charge is 2.70. The molecule has 1 saturated heterocycles. The molecule has 17 atom stereocenters. The normalized spacial score (nSPS) is 50.0. The van der Waals surface area contributed by atoms with Crippen molar-refractivity contribution in [2.24, 2.45) is 46.3 Å². The summed E-state index contributed by atoms with van der Waals surface area (Å²) in [6.07, 6.45) is -4.63. The van der Waals surface area contributed by atoms with Gasteiger partial charge in [-0.2, -0.15) is 8.42 Å². The van der Waals surface area contributed by atoms with E-state index in [0.717, 1.165) is 19.3 Å². The Morgan fingerprint density at radius 1 is 0.872 bits per heavy atom. The molecule has 0 bridgehead atoms. The maximum Gasteiger partial charge on any atom is 0.397 e. The summed E-state index contributed by atoms with van der Waals surface area (Å²) in [5, 5.41) is 77.2. The van der Waals surface area contributed by atoms with Crippen molar-refractivity contribution < 1.29 is 62.4 Å². The monoisotopic (exact) mass is 694 g/mol. The predicted octanol–water partition coefficient (Wildman–Crippen LogP) is 1.15. The minimum Gasteiger partial charge on any atom is -0.393 e. The first-order chi connectivity index (χ1) is 21.7. The topological polar surface area (TPSA) is 224 Å². The number of aliphatic hydroxyl groups is 7. The van der Waals surface area contributed by atoms with Crippen molar-refractivity contribution in [1.82, 2.24) is 0 Å². The average Bonchev–Trinajstić information content (AvgIpc) is 3.25. The van der Waals surface area contributed by atoms with Crippen LogP contribution in [0.3, 0.4) is 0 Å². The summed E-state index contributed by atoms with van der Waals surface area (Å²) in [6.45, 7) is 9.57. The van der Waals surface area contributed by atoms with E-state index in [2.05, 4.69) is 25.0 Å². The third kappa shape index (κ3) is 6.93. The molecule has 5 rings (SSSR count). The second-order valence-electron chi connectivity index (χ2n) is 16.5. The molecule has 4 saturated carbocycles. The second kappa shape index (κ2) is 13.6. The molecule has 0 aromatic carbocycles. The molecule has 0 radical (unpaired) electrons. The Kier molecular flexibility index (Phi) is 10.9. The van der Waals surface area contributed by atoms with Crippen molar-refractivity contribution >= 4 is 10.4 Å². The molecule has 0 aromatic rings. The van der Waals surface area contributed by atoms with Gasteiger partial charge in [0.1, 0.15) is 24.4 Å². The van der Waals surface area contributed by atoms with Crippen LogP contribution in [0, 0.1) is 46.3 Å². The highest BCUT2D eigenvalue weighted by Crippen LogP contribution is 2.69. The summed E-state index contributed by atoms with van der Waals surface area (Å²) < 4.78 is 47.1. The van der Waals surface area contributed by atoms with E-state index < -0.39 is 83.6 Å². The van der Waals surface area contributed by atoms with Crippen LogP contribution in [-0.2, 0) is 24.1 Å². The Balaban J connectivity index is 1.27. The first kappa shape index (κ1) is 37.8. The molecule has 0 aromatic heterocycles. The minimum absolute atomic E-state index is 0.0467. The van der Waals surface area contributed by atoms with Gasteiger partial charge in [-0.15, -0.1) is 0 Å². The first-order valence-electron chi connectivity index (χ1n) is 17.5. The predicted molar refractivity (Wildman–Crippen MR) is 168 cm³/mol. The summed E-state index contributed by atoms with van der Waals surface area (Å²) in [6, 6.07) is 0. The maximum atomic E-state index is 12.5. The Bertz CT molecular complexity index is 1200. The van der Waals surface area contributed by atoms with E-state index in [1.807, 2.05) is 13.8 Å². The number of fused-ring (bicyclic) bond motifs is 5. The minimum atomic E-state index is -4.83. The van der Waals surface area contributed by atoms with E-state index in [0.29, 0.717) is 32.1 Å². The molecule has 1 aliphatic heterocycles. The average molecular weight is 695 g/mol. The first-order valence-corrected chi connectivity index (χ1v) is 18.8. The Hall–Kier alpha value is -0.490. The van der Waals surface area contributed by atoms with Crippen LogP contribution in [0.25, 0.3) is 0 Å². The molecule has 0 spiro atoms. The molecule has 13 nitrogen and oxygen atoms in total. The number of hydrogen-bond acceptors (Lipinski definition) is 12. The molecule has 5 fully saturated rings. The van der Waals surface area contributed by atoms with Gasteiger partial charge < -0.3 is 45.2 Å². The van der Waals surface area contributed by atoms with Crippen molar-refractivity contribution in [3.63, 3.8) is 0 Å². The Morgan fingerprint density at radius 2 is 1.53 bits per heavy atom. The van der Waals surface area contributed by atoms with Crippen molar-refractivity contribution in [2.75, 3.05) is 6.61 Å². The van der Waals surface area contributed by atoms with Gasteiger partial charge in [-0.1, -0.05) is 34.6 Å². The molecule has 1 heterocycles. The van der Waals surface area contributed by atoms with E-state index >= 15 is 0 Å². The number of rotatable bonds is 10. The van der Waals surface area contributed by atoms with Gasteiger partial charge in [-0.05, 0) is 91.8 Å². The Labute approximate surface area is 278 Å². The molecule has 8 N–H and O–H groups in total. The zero-order valence-corrected chi connectivity index (χ0v) is 29.1. The van der Waals surface area contributed by atoms with Crippen LogP contribution in [0.5, 0.6) is 0 Å². The summed E-state index contributed by atoms with van der Waals surface area (Å²) in [5.74, 6) is -0.381. The standard InChI is InChI=1S/C33H58O13S/c1-16(2)23(45-30-28(39)27(38)26(37)24(46-30)15-44-47(41,42)43)7-6-17(3)19-13-21(35)29-32(19,5)11-9-25-31(4)10-8-18(34)12-20(31)22(36)14-33(25,29)40/h16-30,34-40H,6-15H2,1-5H3,(H,41,42,43)/t17-,18+,19-,20?,21-,22+,23+,24?,25?,26?,27?,28?,29?,30?,31+,32-,33+/m1/s1. The van der Waals surface area contributed by atoms with Gasteiger partial charge >= 0.3 is 10.4 Å². The van der Waals surface area contributed by atoms with E-state index in [9.17, 15) is 44.2 Å². The van der Waals surface area contributed by atoms with E-state index in [1.165, 1.54) is 0 Å². The third-order valence-corrected chi connectivity index (χ3v) is 13.9. The lowest BCUT2D eigenvalue weighted by Crippen LogP contribution is -2.68. The highest BCUT2D eigenvalue weighted by molar-refractivity contribution is 7.80. The van der Waals surface area contributed by atoms with Gasteiger partial charge in [-0.25, -0.2) is 4.18 Å². The summed E-state index contributed by atoms with van der Waals surface area (Å²) in [7, 11) is -4.83. The van der Waals surface area contributed by atoms with Crippen LogP contribution < -0.4 is 0 Å². The summed E-state index contributed by atoms with van der Waals surface area (Å²) in [4.78, 5) is 0. The van der Waals surface area contributed by atoms with Crippen molar-refractivity contribution in [3.8, 4) is 0 Å².